The van der Waals surface area contributed by atoms with Gasteiger partial charge in [-0.2, -0.15) is 0 Å². The molecule has 14 heteroatoms. The highest BCUT2D eigenvalue weighted by molar-refractivity contribution is 5.81. The van der Waals surface area contributed by atoms with Gasteiger partial charge in [0.15, 0.2) is 5.43 Å². The Labute approximate surface area is 231 Å². The highest BCUT2D eigenvalue weighted by Crippen LogP contribution is 2.40. The molecule has 0 unspecified atom stereocenters. The second-order valence-corrected chi connectivity index (χ2v) is 9.97. The van der Waals surface area contributed by atoms with Gasteiger partial charge in [-0.1, -0.05) is 0 Å². The highest BCUT2D eigenvalue weighted by atomic mass is 16.7. The first-order chi connectivity index (χ1) is 19.5. The van der Waals surface area contributed by atoms with E-state index in [4.69, 9.17) is 18.6 Å². The number of benzene rings is 2. The normalized spacial score (nSPS) is 34.0. The van der Waals surface area contributed by atoms with E-state index in [9.17, 15) is 50.8 Å². The Hall–Kier alpha value is -3.15. The molecule has 41 heavy (non-hydrogen) atoms. The molecule has 3 heterocycles. The summed E-state index contributed by atoms with van der Waals surface area (Å²) in [5.74, 6) is -0.102. The van der Waals surface area contributed by atoms with Crippen LogP contribution >= 0.6 is 0 Å². The maximum atomic E-state index is 13.2. The van der Waals surface area contributed by atoms with Gasteiger partial charge in [0.2, 0.25) is 6.29 Å². The molecule has 5 rings (SSSR count). The third-order valence-corrected chi connectivity index (χ3v) is 7.30. The maximum absolute atomic E-state index is 13.2. The Bertz CT molecular complexity index is 1420. The van der Waals surface area contributed by atoms with Crippen molar-refractivity contribution >= 4 is 11.0 Å². The molecule has 2 aliphatic rings. The molecule has 0 bridgehead atoms. The van der Waals surface area contributed by atoms with Gasteiger partial charge >= 0.3 is 0 Å². The Morgan fingerprint density at radius 1 is 0.732 bits per heavy atom. The van der Waals surface area contributed by atoms with Crippen LogP contribution in [0.1, 0.15) is 11.7 Å². The molecule has 0 radical (unpaired) electrons. The van der Waals surface area contributed by atoms with E-state index >= 15 is 0 Å². The molecule has 2 fully saturated rings. The number of aliphatic hydroxyl groups is 8. The minimum absolute atomic E-state index is 0.00345. The lowest BCUT2D eigenvalue weighted by Gasteiger charge is -2.42. The van der Waals surface area contributed by atoms with Crippen LogP contribution in [0.5, 0.6) is 11.5 Å². The second kappa shape index (κ2) is 11.6. The second-order valence-electron chi connectivity index (χ2n) is 9.97. The summed E-state index contributed by atoms with van der Waals surface area (Å²) in [5, 5.41) is 91.1. The van der Waals surface area contributed by atoms with Crippen LogP contribution in [0.3, 0.4) is 0 Å². The van der Waals surface area contributed by atoms with Gasteiger partial charge in [-0.15, -0.1) is 0 Å². The topological polar surface area (TPSA) is 240 Å². The molecule has 10 atom stereocenters. The minimum atomic E-state index is -1.82. The number of aromatic hydroxyl groups is 1. The molecule has 2 saturated heterocycles. The van der Waals surface area contributed by atoms with E-state index in [1.54, 1.807) is 0 Å². The summed E-state index contributed by atoms with van der Waals surface area (Å²) in [6.45, 7) is -1.46. The summed E-state index contributed by atoms with van der Waals surface area (Å²) in [6, 6.07) is 9.50. The summed E-state index contributed by atoms with van der Waals surface area (Å²) in [6.07, 6.45) is -16.2. The number of hydrogen-bond acceptors (Lipinski definition) is 14. The summed E-state index contributed by atoms with van der Waals surface area (Å²) >= 11 is 0. The molecule has 0 spiro atoms. The zero-order valence-electron chi connectivity index (χ0n) is 21.3. The Kier molecular flexibility index (Phi) is 8.31. The monoisotopic (exact) mass is 578 g/mol. The van der Waals surface area contributed by atoms with Crippen molar-refractivity contribution in [2.75, 3.05) is 13.2 Å². The number of hydrogen-bond donors (Lipinski definition) is 9. The largest absolute Gasteiger partial charge is 0.508 e. The number of ether oxygens (including phenoxy) is 3. The van der Waals surface area contributed by atoms with E-state index in [2.05, 4.69) is 0 Å². The molecule has 0 amide bonds. The van der Waals surface area contributed by atoms with Gasteiger partial charge in [0, 0.05) is 23.3 Å². The van der Waals surface area contributed by atoms with E-state index in [1.807, 2.05) is 0 Å². The highest BCUT2D eigenvalue weighted by Gasteiger charge is 2.47. The van der Waals surface area contributed by atoms with Crippen molar-refractivity contribution in [1.82, 2.24) is 0 Å². The van der Waals surface area contributed by atoms with Gasteiger partial charge in [-0.3, -0.25) is 4.79 Å². The van der Waals surface area contributed by atoms with Crippen molar-refractivity contribution in [2.45, 2.75) is 61.2 Å². The SMILES string of the molecule is O=c1cc(-c2ccc(O)cc2)oc2cc(O[C@H]3O[C@H](CO)[C@@H](O)[C@@H](O)[C@H]3O)c([C@H]3O[C@H](CO)[C@@H](O)[C@@H](O)[C@H]3O)cc12. The number of aliphatic hydroxyl groups excluding tert-OH is 8. The van der Waals surface area contributed by atoms with Gasteiger partial charge in [0.05, 0.1) is 18.6 Å². The van der Waals surface area contributed by atoms with Crippen molar-refractivity contribution in [2.24, 2.45) is 0 Å². The average molecular weight is 579 g/mol. The fourth-order valence-electron chi connectivity index (χ4n) is 4.94. The fourth-order valence-corrected chi connectivity index (χ4v) is 4.94. The van der Waals surface area contributed by atoms with Crippen molar-refractivity contribution < 1.29 is 64.6 Å². The average Bonchev–Trinajstić information content (AvgIpc) is 2.96. The summed E-state index contributed by atoms with van der Waals surface area (Å²) in [7, 11) is 0. The minimum Gasteiger partial charge on any atom is -0.508 e. The summed E-state index contributed by atoms with van der Waals surface area (Å²) in [4.78, 5) is 13.2. The molecular weight excluding hydrogens is 548 g/mol. The molecule has 9 N–H and O–H groups in total. The van der Waals surface area contributed by atoms with Crippen molar-refractivity contribution in [3.05, 3.63) is 58.3 Å². The summed E-state index contributed by atoms with van der Waals surface area (Å²) in [5.41, 5.74) is -0.180. The van der Waals surface area contributed by atoms with Gasteiger partial charge < -0.3 is 64.6 Å². The zero-order valence-corrected chi connectivity index (χ0v) is 21.3. The maximum Gasteiger partial charge on any atom is 0.229 e. The Morgan fingerprint density at radius 3 is 1.98 bits per heavy atom. The third-order valence-electron chi connectivity index (χ3n) is 7.30. The lowest BCUT2D eigenvalue weighted by atomic mass is 9.90. The number of rotatable bonds is 6. The molecule has 0 aliphatic carbocycles. The van der Waals surface area contributed by atoms with E-state index in [0.717, 1.165) is 0 Å². The molecule has 2 aromatic carbocycles. The standard InChI is InChI=1S/C27H30O14/c28-8-18-20(32)22(34)24(36)26(39-18)13-5-12-14(31)6-15(10-1-3-11(30)4-2-10)38-16(12)7-17(13)40-27-25(37)23(35)21(33)19(9-29)41-27/h1-7,18-30,32-37H,8-9H2/t18-,19-,20-,21-,22-,23-,24-,25-,26-,27+/m1/s1. The Balaban J connectivity index is 1.64. The lowest BCUT2D eigenvalue weighted by Crippen LogP contribution is -2.60. The fraction of sp³-hybridized carbons (Fsp3) is 0.444. The predicted molar refractivity (Wildman–Crippen MR) is 137 cm³/mol. The summed E-state index contributed by atoms with van der Waals surface area (Å²) < 4.78 is 22.9. The third kappa shape index (κ3) is 5.42. The first-order valence-corrected chi connectivity index (χ1v) is 12.7. The van der Waals surface area contributed by atoms with Crippen LogP contribution in [-0.2, 0) is 9.47 Å². The quantitative estimate of drug-likeness (QED) is 0.152. The number of fused-ring (bicyclic) bond motifs is 1. The van der Waals surface area contributed by atoms with Crippen LogP contribution in [0.25, 0.3) is 22.3 Å². The van der Waals surface area contributed by atoms with Crippen molar-refractivity contribution in [3.8, 4) is 22.8 Å². The van der Waals surface area contributed by atoms with Gasteiger partial charge in [-0.05, 0) is 30.3 Å². The molecular formula is C27H30O14. The van der Waals surface area contributed by atoms with E-state index in [-0.39, 0.29) is 33.8 Å². The van der Waals surface area contributed by atoms with Crippen LogP contribution in [0.15, 0.2) is 51.7 Å². The molecule has 222 valence electrons. The van der Waals surface area contributed by atoms with E-state index in [1.165, 1.54) is 42.5 Å². The van der Waals surface area contributed by atoms with Crippen molar-refractivity contribution in [1.29, 1.82) is 0 Å². The van der Waals surface area contributed by atoms with Gasteiger partial charge in [0.25, 0.3) is 0 Å². The lowest BCUT2D eigenvalue weighted by molar-refractivity contribution is -0.278. The van der Waals surface area contributed by atoms with Gasteiger partial charge in [-0.25, -0.2) is 0 Å². The first kappa shape index (κ1) is 29.3. The van der Waals surface area contributed by atoms with Crippen LogP contribution in [-0.4, -0.2) is 114 Å². The van der Waals surface area contributed by atoms with Crippen LogP contribution < -0.4 is 10.2 Å². The molecule has 2 aliphatic heterocycles. The van der Waals surface area contributed by atoms with Crippen LogP contribution in [0.4, 0.5) is 0 Å². The smallest absolute Gasteiger partial charge is 0.229 e. The van der Waals surface area contributed by atoms with Crippen LogP contribution in [0, 0.1) is 0 Å². The molecule has 1 aromatic heterocycles. The first-order valence-electron chi connectivity index (χ1n) is 12.7. The van der Waals surface area contributed by atoms with Gasteiger partial charge in [0.1, 0.15) is 77.8 Å². The number of phenolic OH excluding ortho intramolecular Hbond substituents is 1. The van der Waals surface area contributed by atoms with E-state index < -0.39 is 79.9 Å². The van der Waals surface area contributed by atoms with Crippen molar-refractivity contribution in [3.63, 3.8) is 0 Å². The molecule has 0 saturated carbocycles. The van der Waals surface area contributed by atoms with Crippen LogP contribution in [0.2, 0.25) is 0 Å². The molecule has 3 aromatic rings. The Morgan fingerprint density at radius 2 is 1.34 bits per heavy atom. The predicted octanol–water partition coefficient (Wildman–Crippen LogP) is -2.14. The van der Waals surface area contributed by atoms with E-state index in [0.29, 0.717) is 5.56 Å². The number of phenols is 1. The molecule has 14 nitrogen and oxygen atoms in total. The zero-order chi connectivity index (χ0) is 29.6.